The van der Waals surface area contributed by atoms with Gasteiger partial charge < -0.3 is 5.32 Å². The molecule has 0 saturated heterocycles. The zero-order valence-electron chi connectivity index (χ0n) is 11.2. The number of rotatable bonds is 5. The first kappa shape index (κ1) is 15.1. The van der Waals surface area contributed by atoms with E-state index in [1.807, 2.05) is 38.1 Å². The number of amides is 1. The minimum Gasteiger partial charge on any atom is -0.324 e. The van der Waals surface area contributed by atoms with Crippen molar-refractivity contribution in [2.24, 2.45) is 0 Å². The number of anilines is 1. The molecule has 0 spiro atoms. The summed E-state index contributed by atoms with van der Waals surface area (Å²) in [5, 5.41) is 10.4. The Kier molecular flexibility index (Phi) is 5.19. The normalized spacial score (nSPS) is 10.8. The van der Waals surface area contributed by atoms with Crippen molar-refractivity contribution in [2.45, 2.75) is 24.9 Å². The third-order valence-corrected chi connectivity index (χ3v) is 4.05. The Morgan fingerprint density at radius 2 is 2.20 bits per heavy atom. The van der Waals surface area contributed by atoms with Gasteiger partial charge in [-0.3, -0.25) is 9.89 Å². The quantitative estimate of drug-likeness (QED) is 0.807. The van der Waals surface area contributed by atoms with Crippen molar-refractivity contribution >= 4 is 39.3 Å². The van der Waals surface area contributed by atoms with Gasteiger partial charge in [0.05, 0.1) is 11.4 Å². The van der Waals surface area contributed by atoms with E-state index >= 15 is 0 Å². The Labute approximate surface area is 130 Å². The van der Waals surface area contributed by atoms with Crippen molar-refractivity contribution in [3.8, 4) is 0 Å². The highest BCUT2D eigenvalue weighted by molar-refractivity contribution is 9.10. The zero-order chi connectivity index (χ0) is 14.5. The number of hydrogen-bond acceptors (Lipinski definition) is 4. The van der Waals surface area contributed by atoms with Crippen molar-refractivity contribution in [2.75, 3.05) is 11.1 Å². The van der Waals surface area contributed by atoms with Gasteiger partial charge in [0.1, 0.15) is 5.82 Å². The van der Waals surface area contributed by atoms with Gasteiger partial charge in [0, 0.05) is 10.4 Å². The molecule has 1 aromatic carbocycles. The lowest BCUT2D eigenvalue weighted by Crippen LogP contribution is -2.14. The Morgan fingerprint density at radius 1 is 1.45 bits per heavy atom. The predicted molar refractivity (Wildman–Crippen MR) is 84.0 cm³/mol. The number of carbonyl (C=O) groups excluding carboxylic acids is 1. The number of nitrogens with zero attached hydrogens (tertiary/aromatic N) is 2. The van der Waals surface area contributed by atoms with Crippen LogP contribution in [0.1, 0.15) is 25.6 Å². The SMILES string of the molecule is CC(C)c1nc(SCC(=O)Nc2ccccc2Br)n[nH]1. The molecule has 0 saturated carbocycles. The van der Waals surface area contributed by atoms with E-state index in [9.17, 15) is 4.79 Å². The van der Waals surface area contributed by atoms with Crippen LogP contribution in [0, 0.1) is 0 Å². The molecule has 0 aliphatic rings. The van der Waals surface area contributed by atoms with E-state index < -0.39 is 0 Å². The molecular formula is C13H15BrN4OS. The molecule has 0 aliphatic carbocycles. The lowest BCUT2D eigenvalue weighted by Gasteiger charge is -2.05. The number of halogens is 1. The molecule has 1 amide bonds. The highest BCUT2D eigenvalue weighted by atomic mass is 79.9. The fourth-order valence-electron chi connectivity index (χ4n) is 1.46. The van der Waals surface area contributed by atoms with E-state index in [1.165, 1.54) is 11.8 Å². The predicted octanol–water partition coefficient (Wildman–Crippen LogP) is 3.42. The standard InChI is InChI=1S/C13H15BrN4OS/c1-8(2)12-16-13(18-17-12)20-7-11(19)15-10-6-4-3-5-9(10)14/h3-6,8H,7H2,1-2H3,(H,15,19)(H,16,17,18). The molecule has 1 heterocycles. The summed E-state index contributed by atoms with van der Waals surface area (Å²) in [5.74, 6) is 1.32. The van der Waals surface area contributed by atoms with Gasteiger partial charge >= 0.3 is 0 Å². The minimum atomic E-state index is -0.0854. The minimum absolute atomic E-state index is 0.0854. The Morgan fingerprint density at radius 3 is 2.85 bits per heavy atom. The van der Waals surface area contributed by atoms with Crippen molar-refractivity contribution in [3.05, 3.63) is 34.6 Å². The highest BCUT2D eigenvalue weighted by Crippen LogP contribution is 2.22. The Bertz CT molecular complexity index is 600. The average molecular weight is 355 g/mol. The van der Waals surface area contributed by atoms with E-state index in [4.69, 9.17) is 0 Å². The summed E-state index contributed by atoms with van der Waals surface area (Å²) >= 11 is 4.70. The molecule has 0 atom stereocenters. The number of aromatic nitrogens is 3. The van der Waals surface area contributed by atoms with Gasteiger partial charge in [-0.1, -0.05) is 37.7 Å². The summed E-state index contributed by atoms with van der Waals surface area (Å²) in [5.41, 5.74) is 0.760. The third-order valence-electron chi connectivity index (χ3n) is 2.51. The molecule has 106 valence electrons. The fourth-order valence-corrected chi connectivity index (χ4v) is 2.45. The van der Waals surface area contributed by atoms with Crippen molar-refractivity contribution in [1.82, 2.24) is 15.2 Å². The molecule has 0 aliphatic heterocycles. The number of para-hydroxylation sites is 1. The number of hydrogen-bond donors (Lipinski definition) is 2. The number of aromatic amines is 1. The van der Waals surface area contributed by atoms with Crippen LogP contribution in [0.3, 0.4) is 0 Å². The van der Waals surface area contributed by atoms with Crippen LogP contribution in [0.15, 0.2) is 33.9 Å². The van der Waals surface area contributed by atoms with Gasteiger partial charge in [-0.15, -0.1) is 5.10 Å². The van der Waals surface area contributed by atoms with Crippen molar-refractivity contribution in [1.29, 1.82) is 0 Å². The van der Waals surface area contributed by atoms with Crippen LogP contribution in [-0.4, -0.2) is 26.8 Å². The Hall–Kier alpha value is -1.34. The Balaban J connectivity index is 1.87. The first-order chi connectivity index (χ1) is 9.56. The van der Waals surface area contributed by atoms with Crippen LogP contribution >= 0.6 is 27.7 Å². The van der Waals surface area contributed by atoms with Gasteiger partial charge in [-0.05, 0) is 28.1 Å². The number of carbonyl (C=O) groups is 1. The van der Waals surface area contributed by atoms with E-state index in [-0.39, 0.29) is 11.7 Å². The molecule has 0 unspecified atom stereocenters. The van der Waals surface area contributed by atoms with Gasteiger partial charge in [-0.25, -0.2) is 4.98 Å². The highest BCUT2D eigenvalue weighted by Gasteiger charge is 2.10. The largest absolute Gasteiger partial charge is 0.324 e. The number of nitrogens with one attached hydrogen (secondary N) is 2. The van der Waals surface area contributed by atoms with Crippen LogP contribution in [0.25, 0.3) is 0 Å². The lowest BCUT2D eigenvalue weighted by atomic mass is 10.2. The molecule has 2 aromatic rings. The lowest BCUT2D eigenvalue weighted by molar-refractivity contribution is -0.113. The molecule has 7 heteroatoms. The molecule has 5 nitrogen and oxygen atoms in total. The fraction of sp³-hybridized carbons (Fsp3) is 0.308. The van der Waals surface area contributed by atoms with Gasteiger partial charge in [-0.2, -0.15) is 0 Å². The number of benzene rings is 1. The second kappa shape index (κ2) is 6.90. The summed E-state index contributed by atoms with van der Waals surface area (Å²) in [6.07, 6.45) is 0. The molecule has 1 aromatic heterocycles. The molecule has 2 rings (SSSR count). The summed E-state index contributed by atoms with van der Waals surface area (Å²) in [6.45, 7) is 4.07. The van der Waals surface area contributed by atoms with Crippen LogP contribution in [-0.2, 0) is 4.79 Å². The first-order valence-electron chi connectivity index (χ1n) is 6.15. The summed E-state index contributed by atoms with van der Waals surface area (Å²) in [7, 11) is 0. The monoisotopic (exact) mass is 354 g/mol. The molecule has 0 bridgehead atoms. The van der Waals surface area contributed by atoms with E-state index in [0.717, 1.165) is 16.0 Å². The number of thioether (sulfide) groups is 1. The van der Waals surface area contributed by atoms with Crippen molar-refractivity contribution < 1.29 is 4.79 Å². The van der Waals surface area contributed by atoms with Crippen LogP contribution in [0.4, 0.5) is 5.69 Å². The van der Waals surface area contributed by atoms with Crippen LogP contribution in [0.5, 0.6) is 0 Å². The van der Waals surface area contributed by atoms with Gasteiger partial charge in [0.25, 0.3) is 0 Å². The molecule has 2 N–H and O–H groups in total. The smallest absolute Gasteiger partial charge is 0.234 e. The van der Waals surface area contributed by atoms with Crippen LogP contribution < -0.4 is 5.32 Å². The topological polar surface area (TPSA) is 70.7 Å². The van der Waals surface area contributed by atoms with Crippen molar-refractivity contribution in [3.63, 3.8) is 0 Å². The molecule has 20 heavy (non-hydrogen) atoms. The molecular weight excluding hydrogens is 340 g/mol. The maximum Gasteiger partial charge on any atom is 0.234 e. The summed E-state index contributed by atoms with van der Waals surface area (Å²) < 4.78 is 0.860. The third kappa shape index (κ3) is 4.08. The summed E-state index contributed by atoms with van der Waals surface area (Å²) in [6, 6.07) is 7.50. The number of H-pyrrole nitrogens is 1. The second-order valence-corrected chi connectivity index (χ2v) is 6.27. The van der Waals surface area contributed by atoms with E-state index in [2.05, 4.69) is 36.4 Å². The van der Waals surface area contributed by atoms with E-state index in [0.29, 0.717) is 11.1 Å². The van der Waals surface area contributed by atoms with Gasteiger partial charge in [0.15, 0.2) is 0 Å². The zero-order valence-corrected chi connectivity index (χ0v) is 13.6. The molecule has 0 radical (unpaired) electrons. The maximum absolute atomic E-state index is 11.9. The average Bonchev–Trinajstić information content (AvgIpc) is 2.88. The van der Waals surface area contributed by atoms with E-state index in [1.54, 1.807) is 0 Å². The van der Waals surface area contributed by atoms with Crippen LogP contribution in [0.2, 0.25) is 0 Å². The maximum atomic E-state index is 11.9. The second-order valence-electron chi connectivity index (χ2n) is 4.47. The first-order valence-corrected chi connectivity index (χ1v) is 7.93. The summed E-state index contributed by atoms with van der Waals surface area (Å²) in [4.78, 5) is 16.2. The molecule has 0 fully saturated rings. The van der Waals surface area contributed by atoms with Gasteiger partial charge in [0.2, 0.25) is 11.1 Å².